The molecule has 4 saturated heterocycles. The quantitative estimate of drug-likeness (QED) is 0.0626. The molecule has 4 aliphatic rings. The first-order valence-electron chi connectivity index (χ1n) is 29.2. The number of benzene rings is 6. The summed E-state index contributed by atoms with van der Waals surface area (Å²) >= 11 is 2.94. The van der Waals surface area contributed by atoms with Crippen LogP contribution in [0.4, 0.5) is 0 Å². The van der Waals surface area contributed by atoms with Gasteiger partial charge in [0.25, 0.3) is 0 Å². The van der Waals surface area contributed by atoms with Gasteiger partial charge < -0.3 is 38.6 Å². The monoisotopic (exact) mass is 1140 g/mol. The number of aromatic hydroxyl groups is 2. The standard InChI is InChI=1S/C67H74N4O9S2/c1-75-62-45(41-70-29-9-10-30-70)17-23-49(64(62)77-3)51-37-53-57(39-55(51)72)81-66(43-13-19-47(20-14-43)79-35-33-68-25-5-6-26-68)59(53)61(74)60-54-38-52(50-24-18-46(42-71-31-11-12-32-71)63(76-2)65(50)78-4)56(73)40-58(54)82-67(60)44-15-21-48(22-16-44)80-36-34-69-27-7-8-28-69/h13-24,37-40,72-73H,5-12,25-36,41-42H2,1-4H3. The molecule has 13 nitrogen and oxygen atoms in total. The predicted octanol–water partition coefficient (Wildman–Crippen LogP) is 13.6. The van der Waals surface area contributed by atoms with E-state index in [0.29, 0.717) is 80.4 Å². The summed E-state index contributed by atoms with van der Waals surface area (Å²) in [7, 11) is 6.58. The minimum atomic E-state index is -0.205. The molecule has 0 spiro atoms. The summed E-state index contributed by atoms with van der Waals surface area (Å²) < 4.78 is 38.7. The van der Waals surface area contributed by atoms with E-state index in [1.54, 1.807) is 40.6 Å². The Morgan fingerprint density at radius 3 is 1.15 bits per heavy atom. The minimum absolute atomic E-state index is 0.0500. The number of nitrogens with zero attached hydrogens (tertiary/aromatic N) is 4. The van der Waals surface area contributed by atoms with Gasteiger partial charge in [-0.05, 0) is 200 Å². The third-order valence-corrected chi connectivity index (χ3v) is 19.4. The second-order valence-electron chi connectivity index (χ2n) is 22.2. The Kier molecular flexibility index (Phi) is 16.9. The number of phenolic OH excluding ortho intramolecular Hbond substituents is 2. The van der Waals surface area contributed by atoms with Crippen molar-refractivity contribution < 1.29 is 43.4 Å². The van der Waals surface area contributed by atoms with Crippen molar-refractivity contribution in [2.45, 2.75) is 64.5 Å². The number of carbonyl (C=O) groups is 1. The number of fused-ring (bicyclic) bond motifs is 2. The van der Waals surface area contributed by atoms with Gasteiger partial charge >= 0.3 is 0 Å². The SMILES string of the molecule is COc1c(CN2CCCC2)ccc(-c2cc3c(C(=O)c4c(-c5ccc(OCCN6CCCC6)cc5)sc5cc(O)c(-c6ccc(CN7CCCC7)c(OC)c6OC)cc45)c(-c4ccc(OCCN5CCCC5)cc4)sc3cc2O)c1OC. The van der Waals surface area contributed by atoms with Crippen molar-refractivity contribution >= 4 is 48.6 Å². The number of likely N-dealkylation sites (tertiary alicyclic amines) is 4. The molecule has 15 heteroatoms. The van der Waals surface area contributed by atoms with Gasteiger partial charge in [-0.3, -0.25) is 24.4 Å². The molecule has 6 heterocycles. The van der Waals surface area contributed by atoms with E-state index in [2.05, 4.69) is 31.7 Å². The van der Waals surface area contributed by atoms with Crippen LogP contribution in [0.1, 0.15) is 78.4 Å². The fourth-order valence-corrected chi connectivity index (χ4v) is 15.2. The highest BCUT2D eigenvalue weighted by atomic mass is 32.1. The van der Waals surface area contributed by atoms with Crippen LogP contribution in [0.5, 0.6) is 46.0 Å². The van der Waals surface area contributed by atoms with Crippen LogP contribution in [-0.2, 0) is 13.1 Å². The number of ketones is 1. The molecule has 0 saturated carbocycles. The maximum atomic E-state index is 16.7. The third kappa shape index (κ3) is 11.4. The smallest absolute Gasteiger partial charge is 0.197 e. The van der Waals surface area contributed by atoms with Crippen LogP contribution in [0.3, 0.4) is 0 Å². The van der Waals surface area contributed by atoms with Gasteiger partial charge in [0.05, 0.1) is 28.4 Å². The molecule has 4 fully saturated rings. The maximum absolute atomic E-state index is 16.7. The van der Waals surface area contributed by atoms with E-state index in [0.717, 1.165) is 157 Å². The van der Waals surface area contributed by atoms with Crippen molar-refractivity contribution in [1.29, 1.82) is 0 Å². The van der Waals surface area contributed by atoms with E-state index in [1.165, 1.54) is 48.4 Å². The van der Waals surface area contributed by atoms with Crippen LogP contribution < -0.4 is 28.4 Å². The van der Waals surface area contributed by atoms with Gasteiger partial charge in [0.2, 0.25) is 0 Å². The van der Waals surface area contributed by atoms with Crippen molar-refractivity contribution in [1.82, 2.24) is 19.6 Å². The molecule has 0 radical (unpaired) electrons. The molecule has 0 bridgehead atoms. The Labute approximate surface area is 489 Å². The van der Waals surface area contributed by atoms with Crippen LogP contribution in [0.15, 0.2) is 97.1 Å². The van der Waals surface area contributed by atoms with Crippen molar-refractivity contribution in [3.63, 3.8) is 0 Å². The molecule has 6 aromatic carbocycles. The molecule has 12 rings (SSSR count). The molecular weight excluding hydrogens is 1070 g/mol. The van der Waals surface area contributed by atoms with Crippen molar-refractivity contribution in [2.75, 3.05) is 107 Å². The number of ether oxygens (including phenoxy) is 6. The first kappa shape index (κ1) is 55.7. The summed E-state index contributed by atoms with van der Waals surface area (Å²) in [5.74, 6) is 3.65. The molecule has 428 valence electrons. The average molecular weight is 1140 g/mol. The molecule has 2 aromatic heterocycles. The predicted molar refractivity (Wildman–Crippen MR) is 330 cm³/mol. The van der Waals surface area contributed by atoms with E-state index in [4.69, 9.17) is 28.4 Å². The number of methoxy groups -OCH3 is 4. The lowest BCUT2D eigenvalue weighted by Gasteiger charge is -2.21. The summed E-state index contributed by atoms with van der Waals surface area (Å²) in [6.45, 7) is 12.8. The normalized spacial score (nSPS) is 16.2. The molecular formula is C67H74N4O9S2. The molecule has 4 aliphatic heterocycles. The molecule has 0 atom stereocenters. The second-order valence-corrected chi connectivity index (χ2v) is 24.3. The molecule has 82 heavy (non-hydrogen) atoms. The minimum Gasteiger partial charge on any atom is -0.507 e. The van der Waals surface area contributed by atoms with Gasteiger partial charge in [-0.25, -0.2) is 0 Å². The molecule has 2 N–H and O–H groups in total. The van der Waals surface area contributed by atoms with E-state index < -0.39 is 0 Å². The zero-order valence-corrected chi connectivity index (χ0v) is 49.3. The summed E-state index contributed by atoms with van der Waals surface area (Å²) in [6, 6.07) is 31.6. The topological polar surface area (TPSA) is 126 Å². The number of phenols is 2. The first-order valence-corrected chi connectivity index (χ1v) is 30.8. The van der Waals surface area contributed by atoms with Crippen LogP contribution in [0.2, 0.25) is 0 Å². The molecule has 0 amide bonds. The van der Waals surface area contributed by atoms with Crippen LogP contribution in [0.25, 0.3) is 63.3 Å². The molecule has 0 aliphatic carbocycles. The molecule has 8 aromatic rings. The number of hydrogen-bond donors (Lipinski definition) is 2. The van der Waals surface area contributed by atoms with E-state index in [-0.39, 0.29) is 17.3 Å². The van der Waals surface area contributed by atoms with E-state index >= 15 is 4.79 Å². The Balaban J connectivity index is 1.02. The molecule has 0 unspecified atom stereocenters. The van der Waals surface area contributed by atoms with Gasteiger partial charge in [0.1, 0.15) is 36.2 Å². The van der Waals surface area contributed by atoms with E-state index in [9.17, 15) is 10.2 Å². The zero-order chi connectivity index (χ0) is 56.3. The summed E-state index contributed by atoms with van der Waals surface area (Å²) in [6.07, 6.45) is 9.54. The zero-order valence-electron chi connectivity index (χ0n) is 47.7. The van der Waals surface area contributed by atoms with Crippen LogP contribution >= 0.6 is 22.7 Å². The largest absolute Gasteiger partial charge is 0.507 e. The van der Waals surface area contributed by atoms with E-state index in [1.807, 2.05) is 72.8 Å². The number of carbonyl (C=O) groups excluding carboxylic acids is 1. The highest BCUT2D eigenvalue weighted by Gasteiger charge is 2.32. The lowest BCUT2D eigenvalue weighted by Crippen LogP contribution is -2.25. The van der Waals surface area contributed by atoms with Gasteiger partial charge in [0, 0.05) is 101 Å². The van der Waals surface area contributed by atoms with Crippen molar-refractivity contribution in [3.05, 3.63) is 119 Å². The average Bonchev–Trinajstić information content (AvgIpc) is 4.28. The summed E-state index contributed by atoms with van der Waals surface area (Å²) in [5.41, 5.74) is 6.96. The lowest BCUT2D eigenvalue weighted by atomic mass is 9.91. The van der Waals surface area contributed by atoms with Crippen molar-refractivity contribution in [3.8, 4) is 89.1 Å². The number of thiophene rings is 2. The fourth-order valence-electron chi connectivity index (χ4n) is 12.8. The Morgan fingerprint density at radius 2 is 0.793 bits per heavy atom. The third-order valence-electron chi connectivity index (χ3n) is 17.0. The van der Waals surface area contributed by atoms with Gasteiger partial charge in [-0.2, -0.15) is 0 Å². The van der Waals surface area contributed by atoms with Gasteiger partial charge in [0.15, 0.2) is 28.8 Å². The Bertz CT molecular complexity index is 3340. The van der Waals surface area contributed by atoms with Crippen LogP contribution in [-0.4, -0.2) is 143 Å². The highest BCUT2D eigenvalue weighted by molar-refractivity contribution is 7.23. The van der Waals surface area contributed by atoms with Gasteiger partial charge in [-0.15, -0.1) is 22.7 Å². The maximum Gasteiger partial charge on any atom is 0.197 e. The summed E-state index contributed by atoms with van der Waals surface area (Å²) in [4.78, 5) is 27.9. The fraction of sp³-hybridized carbons (Fsp3) is 0.388. The highest BCUT2D eigenvalue weighted by Crippen LogP contribution is 2.52. The number of rotatable bonds is 22. The first-order chi connectivity index (χ1) is 40.2. The van der Waals surface area contributed by atoms with Crippen molar-refractivity contribution in [2.24, 2.45) is 0 Å². The second kappa shape index (κ2) is 24.9. The number of hydrogen-bond acceptors (Lipinski definition) is 15. The summed E-state index contributed by atoms with van der Waals surface area (Å²) in [5, 5.41) is 25.7. The Hall–Kier alpha value is -6.85. The van der Waals surface area contributed by atoms with Crippen LogP contribution in [0, 0.1) is 0 Å². The lowest BCUT2D eigenvalue weighted by molar-refractivity contribution is 0.104. The van der Waals surface area contributed by atoms with Gasteiger partial charge in [-0.1, -0.05) is 12.1 Å². The Morgan fingerprint density at radius 1 is 0.439 bits per heavy atom.